The number of nitrogens with one attached hydrogen (secondary N) is 2. The molecule has 8 heteroatoms. The largest absolute Gasteiger partial charge is 0.497 e. The van der Waals surface area contributed by atoms with Crippen molar-refractivity contribution < 1.29 is 19.1 Å². The van der Waals surface area contributed by atoms with E-state index in [2.05, 4.69) is 47.0 Å². The number of amides is 2. The van der Waals surface area contributed by atoms with Crippen molar-refractivity contribution in [3.05, 3.63) is 102 Å². The number of methoxy groups -OCH3 is 1. The van der Waals surface area contributed by atoms with Crippen molar-refractivity contribution in [1.29, 1.82) is 0 Å². The summed E-state index contributed by atoms with van der Waals surface area (Å²) in [5, 5.41) is 5.51. The Balaban J connectivity index is 1.76. The van der Waals surface area contributed by atoms with Gasteiger partial charge in [-0.2, -0.15) is 0 Å². The van der Waals surface area contributed by atoms with Crippen LogP contribution in [0.5, 0.6) is 5.75 Å². The first-order valence-corrected chi connectivity index (χ1v) is 13.2. The number of hydrogen-bond acceptors (Lipinski definition) is 6. The Morgan fingerprint density at radius 3 is 1.86 bits per heavy atom. The molecule has 0 aliphatic rings. The van der Waals surface area contributed by atoms with E-state index in [0.717, 1.165) is 22.4 Å². The molecule has 4 N–H and O–H groups in total. The third-order valence-corrected chi connectivity index (χ3v) is 7.51. The zero-order valence-corrected chi connectivity index (χ0v) is 22.1. The van der Waals surface area contributed by atoms with E-state index < -0.39 is 10.8 Å². The molecule has 196 valence electrons. The van der Waals surface area contributed by atoms with E-state index in [1.165, 1.54) is 6.92 Å². The summed E-state index contributed by atoms with van der Waals surface area (Å²) in [7, 11) is 1.65. The zero-order chi connectivity index (χ0) is 26.5. The van der Waals surface area contributed by atoms with Crippen LogP contribution in [0.25, 0.3) is 0 Å². The maximum Gasteiger partial charge on any atom is 0.237 e. The molecule has 0 aromatic heterocycles. The van der Waals surface area contributed by atoms with Crippen molar-refractivity contribution in [3.63, 3.8) is 0 Å². The first kappa shape index (κ1) is 28.2. The van der Waals surface area contributed by atoms with Gasteiger partial charge in [-0.25, -0.2) is 0 Å². The monoisotopic (exact) mass is 521 g/mol. The normalized spacial score (nSPS) is 12.0. The van der Waals surface area contributed by atoms with Gasteiger partial charge in [-0.1, -0.05) is 72.8 Å². The number of ether oxygens (including phenoxy) is 2. The van der Waals surface area contributed by atoms with Crippen molar-refractivity contribution in [2.45, 2.75) is 17.7 Å². The summed E-state index contributed by atoms with van der Waals surface area (Å²) in [5.41, 5.74) is 9.61. The van der Waals surface area contributed by atoms with E-state index in [1.54, 1.807) is 18.9 Å². The number of rotatable bonds is 14. The number of hydrogen-bond donors (Lipinski definition) is 3. The van der Waals surface area contributed by atoms with Crippen molar-refractivity contribution in [1.82, 2.24) is 10.6 Å². The molecule has 0 radical (unpaired) electrons. The molecule has 0 fully saturated rings. The molecule has 0 unspecified atom stereocenters. The van der Waals surface area contributed by atoms with Crippen molar-refractivity contribution in [3.8, 4) is 5.75 Å². The van der Waals surface area contributed by atoms with Gasteiger partial charge >= 0.3 is 0 Å². The summed E-state index contributed by atoms with van der Waals surface area (Å²) in [4.78, 5) is 23.6. The van der Waals surface area contributed by atoms with E-state index in [-0.39, 0.29) is 11.8 Å². The van der Waals surface area contributed by atoms with E-state index >= 15 is 0 Å². The minimum Gasteiger partial charge on any atom is -0.497 e. The minimum atomic E-state index is -0.713. The fourth-order valence-electron chi connectivity index (χ4n) is 3.99. The Morgan fingerprint density at radius 1 is 0.838 bits per heavy atom. The third kappa shape index (κ3) is 7.82. The molecule has 3 rings (SSSR count). The van der Waals surface area contributed by atoms with Gasteiger partial charge in [0.25, 0.3) is 0 Å². The maximum atomic E-state index is 12.8. The molecule has 0 heterocycles. The van der Waals surface area contributed by atoms with Crippen LogP contribution < -0.4 is 21.1 Å². The second-order valence-electron chi connectivity index (χ2n) is 8.45. The van der Waals surface area contributed by atoms with E-state index in [9.17, 15) is 9.59 Å². The van der Waals surface area contributed by atoms with Gasteiger partial charge < -0.3 is 25.8 Å². The summed E-state index contributed by atoms with van der Waals surface area (Å²) in [6.07, 6.45) is 0. The molecule has 3 aromatic carbocycles. The molecule has 7 nitrogen and oxygen atoms in total. The lowest BCUT2D eigenvalue weighted by atomic mass is 9.84. The van der Waals surface area contributed by atoms with Crippen molar-refractivity contribution in [2.24, 2.45) is 5.73 Å². The van der Waals surface area contributed by atoms with Gasteiger partial charge in [0.2, 0.25) is 11.8 Å². The van der Waals surface area contributed by atoms with Crippen molar-refractivity contribution >= 4 is 23.6 Å². The average molecular weight is 522 g/mol. The second-order valence-corrected chi connectivity index (χ2v) is 9.68. The molecule has 37 heavy (non-hydrogen) atoms. The molecule has 0 saturated heterocycles. The number of benzene rings is 3. The molecule has 0 bridgehead atoms. The Morgan fingerprint density at radius 2 is 1.35 bits per heavy atom. The maximum absolute atomic E-state index is 12.8. The molecular weight excluding hydrogens is 486 g/mol. The lowest BCUT2D eigenvalue weighted by molar-refractivity contribution is -0.122. The molecule has 0 aliphatic carbocycles. The topological polar surface area (TPSA) is 103 Å². The summed E-state index contributed by atoms with van der Waals surface area (Å²) in [6.45, 7) is 2.97. The molecule has 0 saturated carbocycles. The quantitative estimate of drug-likeness (QED) is 0.222. The predicted molar refractivity (Wildman–Crippen MR) is 149 cm³/mol. The highest BCUT2D eigenvalue weighted by Crippen LogP contribution is 2.48. The summed E-state index contributed by atoms with van der Waals surface area (Å²) in [6, 6.07) is 27.8. The predicted octanol–water partition coefficient (Wildman–Crippen LogP) is 3.32. The SMILES string of the molecule is COc1ccc(C(SC[C@H](N)C(=O)NCCOCCNC(C)=O)(c2ccccc2)c2ccccc2)cc1. The van der Waals surface area contributed by atoms with Crippen LogP contribution in [0.1, 0.15) is 23.6 Å². The Kier molecular flexibility index (Phi) is 11.0. The van der Waals surface area contributed by atoms with Gasteiger partial charge in [-0.3, -0.25) is 9.59 Å². The Bertz CT molecular complexity index is 1070. The van der Waals surface area contributed by atoms with E-state index in [4.69, 9.17) is 15.2 Å². The highest BCUT2D eigenvalue weighted by molar-refractivity contribution is 8.00. The van der Waals surface area contributed by atoms with Crippen LogP contribution >= 0.6 is 11.8 Å². The van der Waals surface area contributed by atoms with Crippen molar-refractivity contribution in [2.75, 3.05) is 39.2 Å². The minimum absolute atomic E-state index is 0.0999. The average Bonchev–Trinajstić information content (AvgIpc) is 2.94. The lowest BCUT2D eigenvalue weighted by Gasteiger charge is -2.36. The Hall–Kier alpha value is -3.33. The molecule has 2 amide bonds. The lowest BCUT2D eigenvalue weighted by Crippen LogP contribution is -2.44. The molecule has 3 aromatic rings. The molecule has 1 atom stereocenters. The van der Waals surface area contributed by atoms with Crippen LogP contribution in [0.2, 0.25) is 0 Å². The van der Waals surface area contributed by atoms with Gasteiger partial charge in [0.1, 0.15) is 5.75 Å². The summed E-state index contributed by atoms with van der Waals surface area (Å²) >= 11 is 1.63. The standard InChI is InChI=1S/C29H35N3O4S/c1-22(33)31-17-19-36-20-18-32-28(34)27(30)21-37-29(23-9-5-3-6-10-23,24-11-7-4-8-12-24)25-13-15-26(35-2)16-14-25/h3-16,27H,17-21,30H2,1-2H3,(H,31,33)(H,32,34)/t27-/m0/s1. The number of nitrogens with two attached hydrogens (primary N) is 1. The van der Waals surface area contributed by atoms with Gasteiger partial charge in [-0.15, -0.1) is 11.8 Å². The molecule has 0 aliphatic heterocycles. The van der Waals surface area contributed by atoms with Crippen LogP contribution in [-0.4, -0.2) is 57.0 Å². The highest BCUT2D eigenvalue weighted by Gasteiger charge is 2.38. The van der Waals surface area contributed by atoms with Gasteiger partial charge in [-0.05, 0) is 28.8 Å². The fraction of sp³-hybridized carbons (Fsp3) is 0.310. The number of carbonyl (C=O) groups is 2. The van der Waals surface area contributed by atoms with Crippen LogP contribution in [0.3, 0.4) is 0 Å². The smallest absolute Gasteiger partial charge is 0.237 e. The van der Waals surface area contributed by atoms with Crippen LogP contribution in [0, 0.1) is 0 Å². The first-order valence-electron chi connectivity index (χ1n) is 12.2. The first-order chi connectivity index (χ1) is 18.0. The van der Waals surface area contributed by atoms with Crippen LogP contribution in [0.4, 0.5) is 0 Å². The summed E-state index contributed by atoms with van der Waals surface area (Å²) in [5.74, 6) is 0.837. The summed E-state index contributed by atoms with van der Waals surface area (Å²) < 4.78 is 10.2. The van der Waals surface area contributed by atoms with Crippen LogP contribution in [-0.2, 0) is 19.1 Å². The second kappa shape index (κ2) is 14.4. The number of thioether (sulfide) groups is 1. The third-order valence-electron chi connectivity index (χ3n) is 5.84. The van der Waals surface area contributed by atoms with E-state index in [1.807, 2.05) is 48.5 Å². The number of carbonyl (C=O) groups excluding carboxylic acids is 2. The highest BCUT2D eigenvalue weighted by atomic mass is 32.2. The molecular formula is C29H35N3O4S. The van der Waals surface area contributed by atoms with Gasteiger partial charge in [0.05, 0.1) is 31.1 Å². The fourth-order valence-corrected chi connectivity index (χ4v) is 5.48. The van der Waals surface area contributed by atoms with E-state index in [0.29, 0.717) is 32.1 Å². The molecule has 0 spiro atoms. The van der Waals surface area contributed by atoms with Gasteiger partial charge in [0, 0.05) is 25.8 Å². The zero-order valence-electron chi connectivity index (χ0n) is 21.3. The van der Waals surface area contributed by atoms with Crippen LogP contribution in [0.15, 0.2) is 84.9 Å². The Labute approximate surface area is 223 Å². The van der Waals surface area contributed by atoms with Gasteiger partial charge in [0.15, 0.2) is 0 Å².